The lowest BCUT2D eigenvalue weighted by atomic mass is 10.1. The first-order chi connectivity index (χ1) is 12.5. The average Bonchev–Trinajstić information content (AvgIpc) is 3.06. The second kappa shape index (κ2) is 8.25. The summed E-state index contributed by atoms with van der Waals surface area (Å²) in [5.41, 5.74) is 9.55. The number of nitrogens with two attached hydrogens (primary N) is 1. The summed E-state index contributed by atoms with van der Waals surface area (Å²) in [4.78, 5) is 8.48. The van der Waals surface area contributed by atoms with E-state index < -0.39 is 0 Å². The van der Waals surface area contributed by atoms with Gasteiger partial charge in [0.25, 0.3) is 0 Å². The molecule has 7 heteroatoms. The van der Waals surface area contributed by atoms with Crippen LogP contribution in [0.25, 0.3) is 16.9 Å². The zero-order valence-corrected chi connectivity index (χ0v) is 15.2. The maximum atomic E-state index is 8.78. The number of hydrogen-bond donors (Lipinski definition) is 2. The molecule has 0 saturated carbocycles. The molecule has 3 aromatic heterocycles. The Balaban J connectivity index is 0.000000236. The van der Waals surface area contributed by atoms with Crippen LogP contribution in [0.1, 0.15) is 38.2 Å². The van der Waals surface area contributed by atoms with E-state index >= 15 is 0 Å². The topological polar surface area (TPSA) is 98.6 Å². The van der Waals surface area contributed by atoms with E-state index in [9.17, 15) is 0 Å². The van der Waals surface area contributed by atoms with Crippen LogP contribution < -0.4 is 5.73 Å². The Morgan fingerprint density at radius 1 is 1.19 bits per heavy atom. The highest BCUT2D eigenvalue weighted by atomic mass is 16.5. The molecule has 138 valence electrons. The Morgan fingerprint density at radius 2 is 2.04 bits per heavy atom. The third-order valence-corrected chi connectivity index (χ3v) is 4.27. The molecule has 1 atom stereocenters. The number of aliphatic hydroxyl groups excluding tert-OH is 1. The van der Waals surface area contributed by atoms with Gasteiger partial charge in [0.05, 0.1) is 35.8 Å². The molecule has 0 radical (unpaired) electrons. The van der Waals surface area contributed by atoms with Crippen molar-refractivity contribution in [1.82, 2.24) is 19.6 Å². The summed E-state index contributed by atoms with van der Waals surface area (Å²) in [6.45, 7) is 5.67. The lowest BCUT2D eigenvalue weighted by molar-refractivity contribution is -0.00535. The molecule has 4 rings (SSSR count). The molecule has 0 aromatic carbocycles. The fourth-order valence-corrected chi connectivity index (χ4v) is 2.73. The van der Waals surface area contributed by atoms with Crippen LogP contribution in [0.3, 0.4) is 0 Å². The van der Waals surface area contributed by atoms with Crippen molar-refractivity contribution in [3.8, 4) is 11.4 Å². The molecule has 0 amide bonds. The van der Waals surface area contributed by atoms with Gasteiger partial charge in [0.1, 0.15) is 0 Å². The monoisotopic (exact) mass is 355 g/mol. The molecule has 1 unspecified atom stereocenters. The number of rotatable bonds is 2. The van der Waals surface area contributed by atoms with E-state index in [1.54, 1.807) is 10.7 Å². The minimum atomic E-state index is -0.186. The van der Waals surface area contributed by atoms with Gasteiger partial charge >= 0.3 is 0 Å². The van der Waals surface area contributed by atoms with Gasteiger partial charge in [-0.2, -0.15) is 0 Å². The van der Waals surface area contributed by atoms with E-state index in [1.807, 2.05) is 24.4 Å². The van der Waals surface area contributed by atoms with Crippen LogP contribution in [-0.4, -0.2) is 44.0 Å². The highest BCUT2D eigenvalue weighted by Gasteiger charge is 2.09. The minimum absolute atomic E-state index is 0.186. The molecule has 26 heavy (non-hydrogen) atoms. The zero-order valence-electron chi connectivity index (χ0n) is 15.2. The minimum Gasteiger partial charge on any atom is -0.391 e. The van der Waals surface area contributed by atoms with Gasteiger partial charge in [0.2, 0.25) is 5.95 Å². The van der Waals surface area contributed by atoms with Gasteiger partial charge in [-0.1, -0.05) is 19.9 Å². The number of aromatic nitrogens is 4. The van der Waals surface area contributed by atoms with Crippen molar-refractivity contribution in [2.24, 2.45) is 0 Å². The van der Waals surface area contributed by atoms with Crippen molar-refractivity contribution in [2.45, 2.75) is 38.7 Å². The molecule has 7 nitrogen and oxygen atoms in total. The highest BCUT2D eigenvalue weighted by Crippen LogP contribution is 2.21. The maximum Gasteiger partial charge on any atom is 0.238 e. The summed E-state index contributed by atoms with van der Waals surface area (Å²) in [7, 11) is 0. The second-order valence-corrected chi connectivity index (χ2v) is 6.67. The molecular formula is C19H25N5O2. The molecule has 1 aliphatic heterocycles. The summed E-state index contributed by atoms with van der Waals surface area (Å²) in [6, 6.07) is 8.03. The molecule has 0 aliphatic carbocycles. The summed E-state index contributed by atoms with van der Waals surface area (Å²) in [5.74, 6) is 0.729. The normalized spacial score (nSPS) is 17.2. The molecule has 1 fully saturated rings. The van der Waals surface area contributed by atoms with E-state index in [-0.39, 0.29) is 12.1 Å². The van der Waals surface area contributed by atoms with Gasteiger partial charge in [-0.05, 0) is 42.5 Å². The van der Waals surface area contributed by atoms with Gasteiger partial charge in [-0.25, -0.2) is 9.50 Å². The van der Waals surface area contributed by atoms with Crippen molar-refractivity contribution in [3.05, 3.63) is 42.2 Å². The van der Waals surface area contributed by atoms with Crippen LogP contribution in [0.4, 0.5) is 5.95 Å². The second-order valence-electron chi connectivity index (χ2n) is 6.67. The van der Waals surface area contributed by atoms with E-state index in [0.717, 1.165) is 36.4 Å². The van der Waals surface area contributed by atoms with Gasteiger partial charge < -0.3 is 15.6 Å². The number of hydrogen-bond acceptors (Lipinski definition) is 6. The van der Waals surface area contributed by atoms with Crippen molar-refractivity contribution in [2.75, 3.05) is 18.9 Å². The lowest BCUT2D eigenvalue weighted by Gasteiger charge is -2.15. The largest absolute Gasteiger partial charge is 0.391 e. The van der Waals surface area contributed by atoms with Crippen LogP contribution in [0.5, 0.6) is 0 Å². The van der Waals surface area contributed by atoms with Gasteiger partial charge in [-0.3, -0.25) is 4.98 Å². The Hall–Kier alpha value is -2.51. The standard InChI is InChI=1S/C14H15N5.C5H10O2/c1-9(2)10-3-5-12(16-7-10)13-6-4-11-8-17-14(15)18-19(11)13;6-5-2-1-3-7-4-5/h3-9H,1-2H3,(H2,15,18);5-6H,1-4H2. The first-order valence-electron chi connectivity index (χ1n) is 8.87. The number of aliphatic hydroxyl groups is 1. The predicted molar refractivity (Wildman–Crippen MR) is 101 cm³/mol. The highest BCUT2D eigenvalue weighted by molar-refractivity contribution is 5.63. The summed E-state index contributed by atoms with van der Waals surface area (Å²) in [5, 5.41) is 13.0. The molecular weight excluding hydrogens is 330 g/mol. The van der Waals surface area contributed by atoms with Gasteiger partial charge in [0.15, 0.2) is 0 Å². The van der Waals surface area contributed by atoms with Gasteiger partial charge in [0, 0.05) is 12.8 Å². The summed E-state index contributed by atoms with van der Waals surface area (Å²) < 4.78 is 6.70. The first-order valence-corrected chi connectivity index (χ1v) is 8.87. The van der Waals surface area contributed by atoms with Crippen LogP contribution in [-0.2, 0) is 4.74 Å². The van der Waals surface area contributed by atoms with Crippen LogP contribution in [0, 0.1) is 0 Å². The number of pyridine rings is 1. The quantitative estimate of drug-likeness (QED) is 0.733. The van der Waals surface area contributed by atoms with Crippen LogP contribution >= 0.6 is 0 Å². The smallest absolute Gasteiger partial charge is 0.238 e. The number of anilines is 1. The zero-order chi connectivity index (χ0) is 18.5. The molecule has 1 saturated heterocycles. The van der Waals surface area contributed by atoms with Crippen molar-refractivity contribution in [1.29, 1.82) is 0 Å². The maximum absolute atomic E-state index is 8.78. The molecule has 0 spiro atoms. The fraction of sp³-hybridized carbons (Fsp3) is 0.421. The molecule has 3 aromatic rings. The SMILES string of the molecule is CC(C)c1ccc(-c2ccc3cnc(N)nn23)nc1.OC1CCCOC1. The Morgan fingerprint density at radius 3 is 2.62 bits per heavy atom. The lowest BCUT2D eigenvalue weighted by Crippen LogP contribution is -2.21. The molecule has 4 heterocycles. The van der Waals surface area contributed by atoms with Crippen LogP contribution in [0.2, 0.25) is 0 Å². The van der Waals surface area contributed by atoms with Crippen molar-refractivity contribution in [3.63, 3.8) is 0 Å². The van der Waals surface area contributed by atoms with E-state index in [1.165, 1.54) is 5.56 Å². The molecule has 0 bridgehead atoms. The fourth-order valence-electron chi connectivity index (χ4n) is 2.73. The van der Waals surface area contributed by atoms with Crippen molar-refractivity contribution < 1.29 is 9.84 Å². The number of nitrogens with zero attached hydrogens (tertiary/aromatic N) is 4. The Kier molecular flexibility index (Phi) is 5.80. The van der Waals surface area contributed by atoms with Crippen molar-refractivity contribution >= 4 is 11.5 Å². The predicted octanol–water partition coefficient (Wildman–Crippen LogP) is 2.65. The van der Waals surface area contributed by atoms with Crippen LogP contribution in [0.15, 0.2) is 36.7 Å². The summed E-state index contributed by atoms with van der Waals surface area (Å²) in [6.07, 6.45) is 5.35. The average molecular weight is 355 g/mol. The number of ether oxygens (including phenoxy) is 1. The molecule has 3 N–H and O–H groups in total. The number of nitrogen functional groups attached to an aromatic ring is 1. The first kappa shape index (κ1) is 18.3. The third kappa shape index (κ3) is 4.36. The number of fused-ring (bicyclic) bond motifs is 1. The Labute approximate surface area is 152 Å². The Bertz CT molecular complexity index is 839. The summed E-state index contributed by atoms with van der Waals surface area (Å²) >= 11 is 0. The molecule has 1 aliphatic rings. The third-order valence-electron chi connectivity index (χ3n) is 4.27. The van der Waals surface area contributed by atoms with E-state index in [4.69, 9.17) is 15.6 Å². The van der Waals surface area contributed by atoms with Gasteiger partial charge in [-0.15, -0.1) is 5.10 Å². The van der Waals surface area contributed by atoms with E-state index in [0.29, 0.717) is 12.5 Å². The van der Waals surface area contributed by atoms with E-state index in [2.05, 4.69) is 35.0 Å².